The molecule has 1 amide bonds. The van der Waals surface area contributed by atoms with E-state index in [1.807, 2.05) is 6.07 Å². The standard InChI is InChI=1S/C12H14BrN3O2/c1-7-5-15(12(17)18)6-9-4-8-2-3-10(13)14-11(8)16(7)9/h2-3,7,9H,4-6H2,1H3,(H,17,18)/t7-,9+/m1/s1. The summed E-state index contributed by atoms with van der Waals surface area (Å²) in [6.07, 6.45) is 0.0515. The Kier molecular flexibility index (Phi) is 2.69. The zero-order chi connectivity index (χ0) is 12.9. The molecular formula is C12H14BrN3O2. The highest BCUT2D eigenvalue weighted by Gasteiger charge is 2.40. The fraction of sp³-hybridized carbons (Fsp3) is 0.500. The Morgan fingerprint density at radius 1 is 1.50 bits per heavy atom. The van der Waals surface area contributed by atoms with E-state index in [4.69, 9.17) is 5.11 Å². The number of aromatic nitrogens is 1. The van der Waals surface area contributed by atoms with Crippen molar-refractivity contribution in [1.29, 1.82) is 0 Å². The van der Waals surface area contributed by atoms with Crippen LogP contribution in [0.15, 0.2) is 16.7 Å². The summed E-state index contributed by atoms with van der Waals surface area (Å²) in [5.74, 6) is 1.01. The number of nitrogens with zero attached hydrogens (tertiary/aromatic N) is 3. The minimum absolute atomic E-state index is 0.169. The van der Waals surface area contributed by atoms with Crippen LogP contribution in [0.25, 0.3) is 0 Å². The topological polar surface area (TPSA) is 56.7 Å². The van der Waals surface area contributed by atoms with E-state index in [9.17, 15) is 4.79 Å². The molecule has 0 radical (unpaired) electrons. The van der Waals surface area contributed by atoms with E-state index in [1.54, 1.807) is 0 Å². The fourth-order valence-corrected chi connectivity index (χ4v) is 3.28. The monoisotopic (exact) mass is 311 g/mol. The minimum atomic E-state index is -0.827. The molecule has 0 spiro atoms. The van der Waals surface area contributed by atoms with E-state index in [0.29, 0.717) is 13.1 Å². The first-order chi connectivity index (χ1) is 8.56. The van der Waals surface area contributed by atoms with Gasteiger partial charge in [0.05, 0.1) is 6.04 Å². The highest BCUT2D eigenvalue weighted by molar-refractivity contribution is 9.10. The molecule has 2 aliphatic rings. The zero-order valence-corrected chi connectivity index (χ0v) is 11.6. The predicted octanol–water partition coefficient (Wildman–Crippen LogP) is 1.96. The average molecular weight is 312 g/mol. The van der Waals surface area contributed by atoms with Crippen LogP contribution in [0.5, 0.6) is 0 Å². The third-order valence-corrected chi connectivity index (χ3v) is 4.12. The molecule has 1 fully saturated rings. The molecule has 1 aromatic rings. The van der Waals surface area contributed by atoms with Crippen LogP contribution in [0.4, 0.5) is 10.6 Å². The molecule has 0 aromatic carbocycles. The second kappa shape index (κ2) is 4.12. The third-order valence-electron chi connectivity index (χ3n) is 3.68. The molecule has 96 valence electrons. The van der Waals surface area contributed by atoms with Gasteiger partial charge < -0.3 is 14.9 Å². The third kappa shape index (κ3) is 1.75. The van der Waals surface area contributed by atoms with Gasteiger partial charge in [-0.15, -0.1) is 0 Å². The van der Waals surface area contributed by atoms with Gasteiger partial charge in [-0.1, -0.05) is 6.07 Å². The first-order valence-electron chi connectivity index (χ1n) is 5.98. The summed E-state index contributed by atoms with van der Waals surface area (Å²) in [5, 5.41) is 9.12. The molecule has 18 heavy (non-hydrogen) atoms. The van der Waals surface area contributed by atoms with Crippen molar-refractivity contribution in [1.82, 2.24) is 9.88 Å². The van der Waals surface area contributed by atoms with Crippen LogP contribution in [-0.4, -0.2) is 46.3 Å². The maximum Gasteiger partial charge on any atom is 0.407 e. The number of rotatable bonds is 0. The average Bonchev–Trinajstić information content (AvgIpc) is 2.66. The predicted molar refractivity (Wildman–Crippen MR) is 71.0 cm³/mol. The van der Waals surface area contributed by atoms with Crippen LogP contribution in [0, 0.1) is 0 Å². The fourth-order valence-electron chi connectivity index (χ4n) is 2.98. The molecular weight excluding hydrogens is 298 g/mol. The van der Waals surface area contributed by atoms with E-state index in [-0.39, 0.29) is 12.1 Å². The zero-order valence-electron chi connectivity index (χ0n) is 10.0. The minimum Gasteiger partial charge on any atom is -0.465 e. The molecule has 3 rings (SSSR count). The van der Waals surface area contributed by atoms with E-state index in [2.05, 4.69) is 38.8 Å². The first-order valence-corrected chi connectivity index (χ1v) is 6.77. The molecule has 1 N–H and O–H groups in total. The summed E-state index contributed by atoms with van der Waals surface area (Å²) in [7, 11) is 0. The second-order valence-corrected chi connectivity index (χ2v) is 5.73. The second-order valence-electron chi connectivity index (χ2n) is 4.92. The van der Waals surface area contributed by atoms with Gasteiger partial charge in [0.25, 0.3) is 0 Å². The first kappa shape index (κ1) is 11.8. The number of hydrogen-bond acceptors (Lipinski definition) is 3. The number of amides is 1. The normalized spacial score (nSPS) is 25.9. The molecule has 0 unspecified atom stereocenters. The molecule has 0 bridgehead atoms. The van der Waals surface area contributed by atoms with Gasteiger partial charge >= 0.3 is 6.09 Å². The van der Waals surface area contributed by atoms with Crippen LogP contribution < -0.4 is 4.90 Å². The summed E-state index contributed by atoms with van der Waals surface area (Å²) in [4.78, 5) is 19.4. The summed E-state index contributed by atoms with van der Waals surface area (Å²) in [5.41, 5.74) is 1.21. The molecule has 2 atom stereocenters. The van der Waals surface area contributed by atoms with Crippen LogP contribution in [0.2, 0.25) is 0 Å². The van der Waals surface area contributed by atoms with Crippen LogP contribution in [0.1, 0.15) is 12.5 Å². The molecule has 6 heteroatoms. The van der Waals surface area contributed by atoms with Gasteiger partial charge in [-0.3, -0.25) is 0 Å². The molecule has 0 saturated carbocycles. The van der Waals surface area contributed by atoms with Gasteiger partial charge in [-0.05, 0) is 40.9 Å². The van der Waals surface area contributed by atoms with Crippen LogP contribution in [0.3, 0.4) is 0 Å². The number of carboxylic acid groups (broad SMARTS) is 1. The highest BCUT2D eigenvalue weighted by Crippen LogP contribution is 2.35. The summed E-state index contributed by atoms with van der Waals surface area (Å²) in [6.45, 7) is 3.16. The summed E-state index contributed by atoms with van der Waals surface area (Å²) < 4.78 is 0.828. The maximum absolute atomic E-state index is 11.1. The number of piperazine rings is 1. The lowest BCUT2D eigenvalue weighted by molar-refractivity contribution is 0.128. The Morgan fingerprint density at radius 3 is 3.00 bits per heavy atom. The van der Waals surface area contributed by atoms with Crippen LogP contribution >= 0.6 is 15.9 Å². The molecule has 0 aliphatic carbocycles. The number of hydrogen-bond donors (Lipinski definition) is 1. The molecule has 5 nitrogen and oxygen atoms in total. The molecule has 2 aliphatic heterocycles. The summed E-state index contributed by atoms with van der Waals surface area (Å²) >= 11 is 3.39. The number of carbonyl (C=O) groups is 1. The van der Waals surface area contributed by atoms with E-state index < -0.39 is 6.09 Å². The number of anilines is 1. The van der Waals surface area contributed by atoms with Gasteiger partial charge in [-0.2, -0.15) is 0 Å². The van der Waals surface area contributed by atoms with Crippen molar-refractivity contribution in [2.24, 2.45) is 0 Å². The van der Waals surface area contributed by atoms with E-state index in [1.165, 1.54) is 10.5 Å². The lowest BCUT2D eigenvalue weighted by Gasteiger charge is -2.42. The van der Waals surface area contributed by atoms with Crippen molar-refractivity contribution < 1.29 is 9.90 Å². The van der Waals surface area contributed by atoms with Gasteiger partial charge in [0.2, 0.25) is 0 Å². The van der Waals surface area contributed by atoms with Crippen LogP contribution in [-0.2, 0) is 6.42 Å². The highest BCUT2D eigenvalue weighted by atomic mass is 79.9. The van der Waals surface area contributed by atoms with E-state index >= 15 is 0 Å². The maximum atomic E-state index is 11.1. The number of fused-ring (bicyclic) bond motifs is 3. The van der Waals surface area contributed by atoms with Crippen molar-refractivity contribution >= 4 is 27.8 Å². The van der Waals surface area contributed by atoms with Crippen molar-refractivity contribution in [3.8, 4) is 0 Å². The largest absolute Gasteiger partial charge is 0.465 e. The Balaban J connectivity index is 1.93. The Hall–Kier alpha value is -1.30. The van der Waals surface area contributed by atoms with Gasteiger partial charge in [0.15, 0.2) is 0 Å². The lowest BCUT2D eigenvalue weighted by atomic mass is 10.1. The van der Waals surface area contributed by atoms with Crippen molar-refractivity contribution in [3.05, 3.63) is 22.3 Å². The van der Waals surface area contributed by atoms with Gasteiger partial charge in [-0.25, -0.2) is 9.78 Å². The van der Waals surface area contributed by atoms with Gasteiger partial charge in [0, 0.05) is 19.1 Å². The number of pyridine rings is 1. The SMILES string of the molecule is C[C@@H]1CN(C(=O)O)C[C@@H]2Cc3ccc(Br)nc3N21. The lowest BCUT2D eigenvalue weighted by Crippen LogP contribution is -2.57. The Bertz CT molecular complexity index is 508. The van der Waals surface area contributed by atoms with Gasteiger partial charge in [0.1, 0.15) is 10.4 Å². The van der Waals surface area contributed by atoms with Crippen molar-refractivity contribution in [2.45, 2.75) is 25.4 Å². The smallest absolute Gasteiger partial charge is 0.407 e. The Morgan fingerprint density at radius 2 is 2.28 bits per heavy atom. The quantitative estimate of drug-likeness (QED) is 0.744. The molecule has 1 saturated heterocycles. The molecule has 1 aromatic heterocycles. The molecule has 3 heterocycles. The summed E-state index contributed by atoms with van der Waals surface area (Å²) in [6, 6.07) is 4.41. The van der Waals surface area contributed by atoms with E-state index in [0.717, 1.165) is 16.8 Å². The number of halogens is 1. The Labute approximate surface area is 114 Å². The van der Waals surface area contributed by atoms with Crippen molar-refractivity contribution in [3.63, 3.8) is 0 Å². The van der Waals surface area contributed by atoms with Crippen molar-refractivity contribution in [2.75, 3.05) is 18.0 Å².